The summed E-state index contributed by atoms with van der Waals surface area (Å²) in [7, 11) is 0. The number of rotatable bonds is 5. The minimum atomic E-state index is -0.866. The second-order valence-electron chi connectivity index (χ2n) is 4.55. The fourth-order valence-electron chi connectivity index (χ4n) is 1.43. The van der Waals surface area contributed by atoms with Crippen molar-refractivity contribution in [3.63, 3.8) is 0 Å². The molecular weight excluding hydrogens is 256 g/mol. The normalized spacial score (nSPS) is 18.5. The maximum absolute atomic E-state index is 11.9. The molecule has 0 spiro atoms. The van der Waals surface area contributed by atoms with Crippen LogP contribution in [0.4, 0.5) is 0 Å². The highest BCUT2D eigenvalue weighted by molar-refractivity contribution is 5.96. The second kappa shape index (κ2) is 8.12. The van der Waals surface area contributed by atoms with Crippen molar-refractivity contribution in [3.05, 3.63) is 48.1 Å². The highest BCUT2D eigenvalue weighted by Gasteiger charge is 2.17. The SMILES string of the molecule is CC(C)OC(=O)C(N)CNC(=O)C1=C/C=C\C=C/C=C1. The second-order valence-corrected chi connectivity index (χ2v) is 4.55. The van der Waals surface area contributed by atoms with E-state index in [4.69, 9.17) is 10.5 Å². The molecule has 0 aliphatic heterocycles. The van der Waals surface area contributed by atoms with Crippen LogP contribution < -0.4 is 11.1 Å². The zero-order valence-corrected chi connectivity index (χ0v) is 11.7. The van der Waals surface area contributed by atoms with Crippen LogP contribution in [0.15, 0.2) is 48.1 Å². The van der Waals surface area contributed by atoms with Gasteiger partial charge in [-0.2, -0.15) is 0 Å². The molecule has 0 saturated heterocycles. The molecule has 1 rings (SSSR count). The summed E-state index contributed by atoms with van der Waals surface area (Å²) in [5.41, 5.74) is 6.14. The minimum Gasteiger partial charge on any atom is -0.462 e. The topological polar surface area (TPSA) is 81.4 Å². The standard InChI is InChI=1S/C15H20N2O3/c1-11(2)20-15(19)13(16)10-17-14(18)12-8-6-4-3-5-7-9-12/h3-9,11,13H,10,16H2,1-2H3,(H,17,18)/b4-3-,5-3?,6-4?,7-5-,8-6?,9-7?,12-8?,12-9?. The number of nitrogens with two attached hydrogens (primary N) is 1. The van der Waals surface area contributed by atoms with Crippen molar-refractivity contribution in [2.45, 2.75) is 26.0 Å². The van der Waals surface area contributed by atoms with Crippen molar-refractivity contribution in [1.82, 2.24) is 5.32 Å². The van der Waals surface area contributed by atoms with E-state index in [-0.39, 0.29) is 18.6 Å². The Morgan fingerprint density at radius 2 is 1.85 bits per heavy atom. The molecule has 0 bridgehead atoms. The van der Waals surface area contributed by atoms with Crippen LogP contribution in [-0.4, -0.2) is 30.6 Å². The van der Waals surface area contributed by atoms with E-state index >= 15 is 0 Å². The van der Waals surface area contributed by atoms with Gasteiger partial charge in [0.1, 0.15) is 6.04 Å². The fraction of sp³-hybridized carbons (Fsp3) is 0.333. The molecule has 1 aliphatic rings. The van der Waals surface area contributed by atoms with E-state index in [9.17, 15) is 9.59 Å². The molecule has 0 heterocycles. The molecule has 1 amide bonds. The summed E-state index contributed by atoms with van der Waals surface area (Å²) in [4.78, 5) is 23.4. The van der Waals surface area contributed by atoms with Crippen LogP contribution in [0, 0.1) is 0 Å². The van der Waals surface area contributed by atoms with Gasteiger partial charge in [-0.3, -0.25) is 9.59 Å². The summed E-state index contributed by atoms with van der Waals surface area (Å²) < 4.78 is 4.96. The smallest absolute Gasteiger partial charge is 0.325 e. The van der Waals surface area contributed by atoms with Gasteiger partial charge in [0, 0.05) is 12.1 Å². The first-order valence-electron chi connectivity index (χ1n) is 6.46. The molecule has 3 N–H and O–H groups in total. The Balaban J connectivity index is 2.48. The first kappa shape index (κ1) is 15.9. The molecule has 20 heavy (non-hydrogen) atoms. The highest BCUT2D eigenvalue weighted by atomic mass is 16.5. The van der Waals surface area contributed by atoms with Crippen LogP contribution in [0.25, 0.3) is 0 Å². The summed E-state index contributed by atoms with van der Waals surface area (Å²) in [5.74, 6) is -0.806. The van der Waals surface area contributed by atoms with Gasteiger partial charge in [-0.15, -0.1) is 0 Å². The van der Waals surface area contributed by atoms with Gasteiger partial charge in [0.15, 0.2) is 0 Å². The van der Waals surface area contributed by atoms with E-state index in [0.29, 0.717) is 5.57 Å². The molecule has 0 aromatic rings. The van der Waals surface area contributed by atoms with Crippen LogP contribution in [-0.2, 0) is 14.3 Å². The lowest BCUT2D eigenvalue weighted by Gasteiger charge is -2.14. The van der Waals surface area contributed by atoms with Crippen molar-refractivity contribution >= 4 is 11.9 Å². The number of allylic oxidation sites excluding steroid dienone is 6. The Bertz CT molecular complexity index is 474. The first-order chi connectivity index (χ1) is 9.50. The largest absolute Gasteiger partial charge is 0.462 e. The molecule has 5 nitrogen and oxygen atoms in total. The first-order valence-corrected chi connectivity index (χ1v) is 6.46. The number of esters is 1. The summed E-state index contributed by atoms with van der Waals surface area (Å²) in [6, 6.07) is -0.866. The molecule has 1 unspecified atom stereocenters. The number of hydrogen-bond acceptors (Lipinski definition) is 4. The van der Waals surface area contributed by atoms with Crippen molar-refractivity contribution in [2.24, 2.45) is 5.73 Å². The Morgan fingerprint density at radius 3 is 2.55 bits per heavy atom. The molecule has 0 radical (unpaired) electrons. The molecule has 0 saturated carbocycles. The van der Waals surface area contributed by atoms with Gasteiger partial charge in [0.05, 0.1) is 6.10 Å². The molecule has 5 heteroatoms. The lowest BCUT2D eigenvalue weighted by molar-refractivity contribution is -0.148. The van der Waals surface area contributed by atoms with Gasteiger partial charge in [-0.25, -0.2) is 0 Å². The molecule has 0 aromatic carbocycles. The molecule has 1 aliphatic carbocycles. The third-order valence-corrected chi connectivity index (χ3v) is 2.40. The van der Waals surface area contributed by atoms with E-state index < -0.39 is 12.0 Å². The average molecular weight is 276 g/mol. The Labute approximate surface area is 118 Å². The fourth-order valence-corrected chi connectivity index (χ4v) is 1.43. The Kier molecular flexibility index (Phi) is 6.46. The maximum atomic E-state index is 11.9. The number of hydrogen-bond donors (Lipinski definition) is 2. The maximum Gasteiger partial charge on any atom is 0.325 e. The lowest BCUT2D eigenvalue weighted by atomic mass is 10.1. The zero-order chi connectivity index (χ0) is 15.0. The molecular formula is C15H20N2O3. The van der Waals surface area contributed by atoms with Crippen LogP contribution in [0.3, 0.4) is 0 Å². The lowest BCUT2D eigenvalue weighted by Crippen LogP contribution is -2.44. The Hall–Kier alpha value is -2.14. The number of ether oxygens (including phenoxy) is 1. The van der Waals surface area contributed by atoms with Crippen molar-refractivity contribution in [3.8, 4) is 0 Å². The van der Waals surface area contributed by atoms with Crippen molar-refractivity contribution < 1.29 is 14.3 Å². The van der Waals surface area contributed by atoms with Gasteiger partial charge < -0.3 is 15.8 Å². The van der Waals surface area contributed by atoms with E-state index in [1.807, 2.05) is 18.2 Å². The number of amides is 1. The minimum absolute atomic E-state index is 0.0368. The van der Waals surface area contributed by atoms with E-state index in [1.165, 1.54) is 0 Å². The predicted octanol–water partition coefficient (Wildman–Crippen LogP) is 0.990. The number of carbonyl (C=O) groups excluding carboxylic acids is 2. The Morgan fingerprint density at radius 1 is 1.20 bits per heavy atom. The van der Waals surface area contributed by atoms with Gasteiger partial charge in [0.2, 0.25) is 0 Å². The van der Waals surface area contributed by atoms with E-state index in [2.05, 4.69) is 5.32 Å². The van der Waals surface area contributed by atoms with Gasteiger partial charge in [-0.05, 0) is 26.0 Å². The monoisotopic (exact) mass is 276 g/mol. The average Bonchev–Trinajstić information content (AvgIpc) is 2.34. The quantitative estimate of drug-likeness (QED) is 0.734. The summed E-state index contributed by atoms with van der Waals surface area (Å²) in [6.45, 7) is 3.52. The van der Waals surface area contributed by atoms with Gasteiger partial charge in [0.25, 0.3) is 5.91 Å². The number of nitrogens with one attached hydrogen (secondary N) is 1. The third-order valence-electron chi connectivity index (χ3n) is 2.40. The molecule has 0 aromatic heterocycles. The van der Waals surface area contributed by atoms with Crippen molar-refractivity contribution in [1.29, 1.82) is 0 Å². The van der Waals surface area contributed by atoms with E-state index in [1.54, 1.807) is 38.2 Å². The number of carbonyl (C=O) groups is 2. The van der Waals surface area contributed by atoms with Crippen LogP contribution in [0.2, 0.25) is 0 Å². The zero-order valence-electron chi connectivity index (χ0n) is 11.7. The highest BCUT2D eigenvalue weighted by Crippen LogP contribution is 2.02. The van der Waals surface area contributed by atoms with Crippen LogP contribution in [0.5, 0.6) is 0 Å². The van der Waals surface area contributed by atoms with Crippen LogP contribution in [0.1, 0.15) is 13.8 Å². The van der Waals surface area contributed by atoms with Crippen LogP contribution >= 0.6 is 0 Å². The predicted molar refractivity (Wildman–Crippen MR) is 77.7 cm³/mol. The van der Waals surface area contributed by atoms with E-state index in [0.717, 1.165) is 0 Å². The van der Waals surface area contributed by atoms with Gasteiger partial charge >= 0.3 is 5.97 Å². The van der Waals surface area contributed by atoms with Crippen molar-refractivity contribution in [2.75, 3.05) is 6.54 Å². The summed E-state index contributed by atoms with van der Waals surface area (Å²) in [5, 5.41) is 2.61. The summed E-state index contributed by atoms with van der Waals surface area (Å²) in [6.07, 6.45) is 12.2. The molecule has 0 fully saturated rings. The molecule has 1 atom stereocenters. The third kappa shape index (κ3) is 5.67. The van der Waals surface area contributed by atoms with Gasteiger partial charge in [-0.1, -0.05) is 30.4 Å². The molecule has 108 valence electrons. The summed E-state index contributed by atoms with van der Waals surface area (Å²) >= 11 is 0.